The number of aromatic nitrogens is 1. The van der Waals surface area contributed by atoms with Gasteiger partial charge in [-0.2, -0.15) is 0 Å². The minimum absolute atomic E-state index is 0.000188. The van der Waals surface area contributed by atoms with Gasteiger partial charge in [0, 0.05) is 36.8 Å². The van der Waals surface area contributed by atoms with E-state index in [1.807, 2.05) is 37.4 Å². The Kier molecular flexibility index (Phi) is 5.66. The fraction of sp³-hybridized carbons (Fsp3) is 0.381. The molecule has 0 spiro atoms. The number of hydrogen-bond acceptors (Lipinski definition) is 3. The van der Waals surface area contributed by atoms with Gasteiger partial charge in [-0.05, 0) is 43.5 Å². The van der Waals surface area contributed by atoms with Crippen molar-refractivity contribution in [2.24, 2.45) is 5.92 Å². The fourth-order valence-electron chi connectivity index (χ4n) is 2.83. The van der Waals surface area contributed by atoms with Crippen LogP contribution in [-0.2, 0) is 4.79 Å². The van der Waals surface area contributed by atoms with Gasteiger partial charge in [0.25, 0.3) is 5.91 Å². The molecule has 1 aliphatic rings. The molecule has 1 heterocycles. The number of rotatable bonds is 7. The van der Waals surface area contributed by atoms with Gasteiger partial charge >= 0.3 is 0 Å². The molecule has 1 aliphatic carbocycles. The monoisotopic (exact) mass is 351 g/mol. The number of nitrogens with zero attached hydrogens (tertiary/aromatic N) is 2. The maximum atomic E-state index is 12.6. The second-order valence-corrected chi connectivity index (χ2v) is 6.82. The van der Waals surface area contributed by atoms with Crippen molar-refractivity contribution in [1.82, 2.24) is 9.88 Å². The third-order valence-electron chi connectivity index (χ3n) is 4.59. The summed E-state index contributed by atoms with van der Waals surface area (Å²) >= 11 is 0. The van der Waals surface area contributed by atoms with Crippen LogP contribution in [0.15, 0.2) is 42.6 Å². The maximum absolute atomic E-state index is 12.6. The van der Waals surface area contributed by atoms with Gasteiger partial charge in [0.05, 0.1) is 11.4 Å². The van der Waals surface area contributed by atoms with Crippen molar-refractivity contribution in [2.45, 2.75) is 32.6 Å². The van der Waals surface area contributed by atoms with Gasteiger partial charge in [0.15, 0.2) is 0 Å². The zero-order valence-corrected chi connectivity index (χ0v) is 15.4. The van der Waals surface area contributed by atoms with Crippen molar-refractivity contribution in [1.29, 1.82) is 0 Å². The van der Waals surface area contributed by atoms with Gasteiger partial charge < -0.3 is 10.2 Å². The molecule has 3 rings (SSSR count). The molecule has 1 fully saturated rings. The Labute approximate surface area is 154 Å². The van der Waals surface area contributed by atoms with E-state index in [4.69, 9.17) is 0 Å². The van der Waals surface area contributed by atoms with E-state index in [-0.39, 0.29) is 17.7 Å². The first kappa shape index (κ1) is 18.1. The van der Waals surface area contributed by atoms with Crippen molar-refractivity contribution < 1.29 is 9.59 Å². The van der Waals surface area contributed by atoms with E-state index in [1.165, 1.54) is 0 Å². The van der Waals surface area contributed by atoms with Crippen LogP contribution in [0.2, 0.25) is 0 Å². The van der Waals surface area contributed by atoms with Crippen LogP contribution in [0.5, 0.6) is 0 Å². The molecule has 0 radical (unpaired) electrons. The molecule has 26 heavy (non-hydrogen) atoms. The lowest BCUT2D eigenvalue weighted by atomic mass is 10.1. The number of carbonyl (C=O) groups is 2. The summed E-state index contributed by atoms with van der Waals surface area (Å²) in [6.07, 6.45) is 5.64. The van der Waals surface area contributed by atoms with E-state index in [0.29, 0.717) is 16.9 Å². The largest absolute Gasteiger partial charge is 0.342 e. The van der Waals surface area contributed by atoms with Crippen LogP contribution in [0, 0.1) is 5.92 Å². The third kappa shape index (κ3) is 4.28. The Balaban J connectivity index is 1.84. The van der Waals surface area contributed by atoms with Crippen LogP contribution in [0.1, 0.15) is 43.0 Å². The normalized spacial score (nSPS) is 13.3. The number of unbranched alkanes of at least 4 members (excludes halogenated alkanes) is 1. The van der Waals surface area contributed by atoms with Crippen LogP contribution in [0.4, 0.5) is 5.69 Å². The topological polar surface area (TPSA) is 62.3 Å². The second-order valence-electron chi connectivity index (χ2n) is 6.82. The lowest BCUT2D eigenvalue weighted by Crippen LogP contribution is -2.27. The van der Waals surface area contributed by atoms with Gasteiger partial charge in [-0.1, -0.05) is 25.5 Å². The summed E-state index contributed by atoms with van der Waals surface area (Å²) in [6, 6.07) is 11.1. The summed E-state index contributed by atoms with van der Waals surface area (Å²) in [7, 11) is 1.83. The predicted molar refractivity (Wildman–Crippen MR) is 103 cm³/mol. The van der Waals surface area contributed by atoms with Crippen molar-refractivity contribution in [3.05, 3.63) is 48.2 Å². The quantitative estimate of drug-likeness (QED) is 0.821. The molecule has 0 atom stereocenters. The number of carbonyl (C=O) groups excluding carboxylic acids is 2. The molecule has 1 aromatic carbocycles. The molecule has 2 aromatic rings. The lowest BCUT2D eigenvalue weighted by Gasteiger charge is -2.17. The molecule has 0 saturated heterocycles. The zero-order valence-electron chi connectivity index (χ0n) is 15.4. The average Bonchev–Trinajstić information content (AvgIpc) is 3.51. The van der Waals surface area contributed by atoms with Crippen molar-refractivity contribution in [3.63, 3.8) is 0 Å². The summed E-state index contributed by atoms with van der Waals surface area (Å²) in [5, 5.41) is 2.97. The van der Waals surface area contributed by atoms with Crippen LogP contribution >= 0.6 is 0 Å². The molecule has 1 N–H and O–H groups in total. The molecular formula is C21H25N3O2. The smallest absolute Gasteiger partial charge is 0.253 e. The van der Waals surface area contributed by atoms with Crippen molar-refractivity contribution >= 4 is 17.5 Å². The minimum atomic E-state index is -0.000188. The predicted octanol–water partition coefficient (Wildman–Crippen LogP) is 3.97. The first-order valence-electron chi connectivity index (χ1n) is 9.22. The molecule has 0 unspecified atom stereocenters. The van der Waals surface area contributed by atoms with E-state index < -0.39 is 0 Å². The van der Waals surface area contributed by atoms with Crippen LogP contribution in [-0.4, -0.2) is 35.3 Å². The molecular weight excluding hydrogens is 326 g/mol. The number of pyridine rings is 1. The second kappa shape index (κ2) is 8.13. The number of amides is 2. The number of anilines is 1. The standard InChI is InChI=1S/C21H25N3O2/c1-3-4-13-24(2)21(26)17-8-5-7-16(14-17)19-18(9-6-12-22-19)23-20(25)15-10-11-15/h5-9,12,14-15H,3-4,10-11,13H2,1-2H3,(H,23,25). The highest BCUT2D eigenvalue weighted by Crippen LogP contribution is 2.32. The van der Waals surface area contributed by atoms with Gasteiger partial charge in [-0.15, -0.1) is 0 Å². The Morgan fingerprint density at radius 3 is 2.77 bits per heavy atom. The summed E-state index contributed by atoms with van der Waals surface area (Å²) in [4.78, 5) is 30.9. The summed E-state index contributed by atoms with van der Waals surface area (Å²) in [5.74, 6) is 0.175. The van der Waals surface area contributed by atoms with E-state index in [0.717, 1.165) is 37.8 Å². The minimum Gasteiger partial charge on any atom is -0.342 e. The van der Waals surface area contributed by atoms with E-state index in [9.17, 15) is 9.59 Å². The number of hydrogen-bond donors (Lipinski definition) is 1. The van der Waals surface area contributed by atoms with Gasteiger partial charge in [-0.3, -0.25) is 14.6 Å². The summed E-state index contributed by atoms with van der Waals surface area (Å²) in [5.41, 5.74) is 2.83. The molecule has 5 nitrogen and oxygen atoms in total. The van der Waals surface area contributed by atoms with Crippen LogP contribution in [0.25, 0.3) is 11.3 Å². The highest BCUT2D eigenvalue weighted by atomic mass is 16.2. The third-order valence-corrected chi connectivity index (χ3v) is 4.59. The first-order valence-corrected chi connectivity index (χ1v) is 9.22. The van der Waals surface area contributed by atoms with Crippen LogP contribution in [0.3, 0.4) is 0 Å². The molecule has 5 heteroatoms. The van der Waals surface area contributed by atoms with E-state index in [1.54, 1.807) is 17.2 Å². The molecule has 1 aromatic heterocycles. The first-order chi connectivity index (χ1) is 12.6. The molecule has 136 valence electrons. The zero-order chi connectivity index (χ0) is 18.5. The van der Waals surface area contributed by atoms with Gasteiger partial charge in [0.1, 0.15) is 0 Å². The summed E-state index contributed by atoms with van der Waals surface area (Å²) in [6.45, 7) is 2.85. The SMILES string of the molecule is CCCCN(C)C(=O)c1cccc(-c2ncccc2NC(=O)C2CC2)c1. The van der Waals surface area contributed by atoms with E-state index in [2.05, 4.69) is 17.2 Å². The Hall–Kier alpha value is -2.69. The Bertz CT molecular complexity index is 799. The van der Waals surface area contributed by atoms with Gasteiger partial charge in [-0.25, -0.2) is 0 Å². The molecule has 1 saturated carbocycles. The van der Waals surface area contributed by atoms with E-state index >= 15 is 0 Å². The number of nitrogens with one attached hydrogen (secondary N) is 1. The maximum Gasteiger partial charge on any atom is 0.253 e. The Morgan fingerprint density at radius 1 is 1.23 bits per heavy atom. The molecule has 0 bridgehead atoms. The summed E-state index contributed by atoms with van der Waals surface area (Å²) < 4.78 is 0. The molecule has 2 amide bonds. The van der Waals surface area contributed by atoms with Gasteiger partial charge in [0.2, 0.25) is 5.91 Å². The highest BCUT2D eigenvalue weighted by molar-refractivity contribution is 5.98. The van der Waals surface area contributed by atoms with Crippen LogP contribution < -0.4 is 5.32 Å². The fourth-order valence-corrected chi connectivity index (χ4v) is 2.83. The van der Waals surface area contributed by atoms with Crippen molar-refractivity contribution in [3.8, 4) is 11.3 Å². The lowest BCUT2D eigenvalue weighted by molar-refractivity contribution is -0.117. The molecule has 0 aliphatic heterocycles. The Morgan fingerprint density at radius 2 is 2.04 bits per heavy atom. The average molecular weight is 351 g/mol. The van der Waals surface area contributed by atoms with Crippen molar-refractivity contribution in [2.75, 3.05) is 18.9 Å². The highest BCUT2D eigenvalue weighted by Gasteiger charge is 2.30. The number of benzene rings is 1.